The zero-order chi connectivity index (χ0) is 12.5. The molecule has 1 amide bonds. The molecular weight excluding hydrogens is 282 g/mol. The number of fused-ring (bicyclic) bond motifs is 10. The van der Waals surface area contributed by atoms with E-state index in [4.69, 9.17) is 4.74 Å². The van der Waals surface area contributed by atoms with Crippen LogP contribution in [-0.4, -0.2) is 16.1 Å². The van der Waals surface area contributed by atoms with E-state index in [0.29, 0.717) is 4.44 Å². The number of carbonyl (C=O) groups is 1. The van der Waals surface area contributed by atoms with Crippen molar-refractivity contribution in [1.82, 2.24) is 5.32 Å². The van der Waals surface area contributed by atoms with E-state index < -0.39 is 6.51 Å². The molecule has 1 N–H and O–H groups in total. The molecule has 0 bridgehead atoms. The average Bonchev–Trinajstić information content (AvgIpc) is 3.21. The molecule has 0 aromatic rings. The molecule has 4 unspecified atom stereocenters. The van der Waals surface area contributed by atoms with Crippen LogP contribution < -0.4 is 5.32 Å². The van der Waals surface area contributed by atoms with Crippen LogP contribution in [0.3, 0.4) is 0 Å². The Hall–Kier alpha value is -0.211. The number of amides is 1. The first-order chi connectivity index (χ1) is 8.65. The van der Waals surface area contributed by atoms with E-state index in [1.165, 1.54) is 33.7 Å². The van der Waals surface area contributed by atoms with E-state index in [9.17, 15) is 4.79 Å². The molecule has 19 heavy (non-hydrogen) atoms. The zero-order valence-electron chi connectivity index (χ0n) is 11.4. The summed E-state index contributed by atoms with van der Waals surface area (Å²) in [5.41, 5.74) is -0.349. The van der Waals surface area contributed by atoms with Crippen molar-refractivity contribution in [2.75, 3.05) is 0 Å². The van der Waals surface area contributed by atoms with Crippen molar-refractivity contribution in [3.8, 4) is 0 Å². The second kappa shape index (κ2) is 0.636. The molecule has 104 valence electrons. The summed E-state index contributed by atoms with van der Waals surface area (Å²) in [6.07, 6.45) is -0.0828. The number of ether oxygens (including phenoxy) is 1. The van der Waals surface area contributed by atoms with Crippen LogP contribution in [0.4, 0.5) is 4.79 Å². The molecule has 10 heterocycles. The van der Waals surface area contributed by atoms with Gasteiger partial charge in [-0.2, -0.15) is 0 Å². The van der Waals surface area contributed by atoms with Crippen molar-refractivity contribution >= 4 is 6.09 Å². The predicted octanol–water partition coefficient (Wildman–Crippen LogP) is 3.81. The Morgan fingerprint density at radius 1 is 1.00 bits per heavy atom. The third-order valence-corrected chi connectivity index (χ3v) is 57.6. The summed E-state index contributed by atoms with van der Waals surface area (Å²) < 4.78 is 6.07. The molecule has 0 aromatic heterocycles. The Balaban J connectivity index is 1.28. The first-order valence-electron chi connectivity index (χ1n) is 7.87. The molecule has 4 atom stereocenters. The van der Waals surface area contributed by atoms with Gasteiger partial charge in [0.2, 0.25) is 0 Å². The Morgan fingerprint density at radius 2 is 1.47 bits per heavy atom. The van der Waals surface area contributed by atoms with Crippen LogP contribution in [0.15, 0.2) is 0 Å². The molecular formula is C15H19FeNO2. The standard InChI is InChI=1S/C10H14NO2.C5H5.Fe/c1-10(2,3)13-9(12)11-8-6-4-5-7-8;1-2-4-5-3-1;/h4-7H,1-3H3,(H,11,12);1-5H;. The van der Waals surface area contributed by atoms with Gasteiger partial charge < -0.3 is 0 Å². The number of hydrogen-bond donors (Lipinski definition) is 1. The van der Waals surface area contributed by atoms with Crippen molar-refractivity contribution in [2.45, 2.75) is 74.2 Å². The molecule has 10 aliphatic rings. The van der Waals surface area contributed by atoms with Crippen LogP contribution in [0.2, 0.25) is 43.3 Å². The third-order valence-electron chi connectivity index (χ3n) is 15.4. The van der Waals surface area contributed by atoms with Gasteiger partial charge in [0, 0.05) is 0 Å². The fourth-order valence-corrected chi connectivity index (χ4v) is 90.0. The fourth-order valence-electron chi connectivity index (χ4n) is 17.0. The molecule has 0 saturated carbocycles. The second-order valence-electron chi connectivity index (χ2n) is 12.3. The van der Waals surface area contributed by atoms with Crippen molar-refractivity contribution in [3.05, 3.63) is 0 Å². The van der Waals surface area contributed by atoms with Gasteiger partial charge in [0.15, 0.2) is 0 Å². The SMILES string of the molecule is CC(C)(C)OC(=O)N[C]12[CH]3[CH]4[CH]5[CH]1[Fe]45321678[CH]2[CH]1[CH]6[CH]7[CH]28. The third kappa shape index (κ3) is 0.0894. The van der Waals surface area contributed by atoms with E-state index in [-0.39, 0.29) is 11.7 Å². The summed E-state index contributed by atoms with van der Waals surface area (Å²) in [4.78, 5) is 23.5. The van der Waals surface area contributed by atoms with Gasteiger partial charge >= 0.3 is 102 Å². The average molecular weight is 301 g/mol. The zero-order valence-corrected chi connectivity index (χ0v) is 12.5. The van der Waals surface area contributed by atoms with Crippen LogP contribution in [0.25, 0.3) is 0 Å². The summed E-state index contributed by atoms with van der Waals surface area (Å²) in [5, 5.41) is 3.56. The first kappa shape index (κ1) is 7.70. The van der Waals surface area contributed by atoms with Gasteiger partial charge in [0.25, 0.3) is 0 Å². The number of alkyl carbamates (subject to hydrolysis) is 1. The van der Waals surface area contributed by atoms with Gasteiger partial charge in [-0.15, -0.1) is 0 Å². The number of hydrogen-bond acceptors (Lipinski definition) is 2. The van der Waals surface area contributed by atoms with E-state index >= 15 is 0 Å². The Morgan fingerprint density at radius 3 is 1.74 bits per heavy atom. The van der Waals surface area contributed by atoms with Crippen molar-refractivity contribution < 1.29 is 16.0 Å². The minimum absolute atomic E-state index is 0.0828. The molecule has 0 radical (unpaired) electrons. The van der Waals surface area contributed by atoms with Gasteiger partial charge in [-0.05, 0) is 0 Å². The molecule has 0 aromatic carbocycles. The molecule has 10 aliphatic heterocycles. The minimum atomic E-state index is -3.12. The monoisotopic (exact) mass is 301 g/mol. The predicted molar refractivity (Wildman–Crippen MR) is 65.9 cm³/mol. The quantitative estimate of drug-likeness (QED) is 0.748. The molecule has 10 fully saturated rings. The summed E-state index contributed by atoms with van der Waals surface area (Å²) in [7, 11) is 0. The molecule has 3 nitrogen and oxygen atoms in total. The summed E-state index contributed by atoms with van der Waals surface area (Å²) in [5.74, 6) is 0. The van der Waals surface area contributed by atoms with Crippen molar-refractivity contribution in [1.29, 1.82) is 0 Å². The normalized spacial score (nSPS) is 108. The molecule has 1 spiro atoms. The molecule has 10 rings (SSSR count). The van der Waals surface area contributed by atoms with Crippen LogP contribution >= 0.6 is 0 Å². The van der Waals surface area contributed by atoms with Crippen molar-refractivity contribution in [3.63, 3.8) is 0 Å². The molecule has 0 aliphatic carbocycles. The first-order valence-corrected chi connectivity index (χ1v) is 14.2. The molecule has 4 heteroatoms. The van der Waals surface area contributed by atoms with Crippen LogP contribution in [-0.2, 0) is 11.2 Å². The number of carbonyl (C=O) groups excluding carboxylic acids is 1. The summed E-state index contributed by atoms with van der Waals surface area (Å²) in [6.45, 7) is 2.81. The summed E-state index contributed by atoms with van der Waals surface area (Å²) >= 11 is 0. The van der Waals surface area contributed by atoms with Gasteiger partial charge in [-0.25, -0.2) is 0 Å². The van der Waals surface area contributed by atoms with Gasteiger partial charge in [-0.1, -0.05) is 0 Å². The van der Waals surface area contributed by atoms with Crippen LogP contribution in [0.5, 0.6) is 0 Å². The van der Waals surface area contributed by atoms with Gasteiger partial charge in [0.05, 0.1) is 0 Å². The van der Waals surface area contributed by atoms with Gasteiger partial charge in [-0.3, -0.25) is 0 Å². The topological polar surface area (TPSA) is 38.3 Å². The van der Waals surface area contributed by atoms with E-state index in [1.807, 2.05) is 20.8 Å². The van der Waals surface area contributed by atoms with Crippen LogP contribution in [0.1, 0.15) is 20.8 Å². The van der Waals surface area contributed by atoms with Gasteiger partial charge in [0.1, 0.15) is 0 Å². The molecule has 10 saturated heterocycles. The number of rotatable bonds is 1. The van der Waals surface area contributed by atoms with E-state index in [2.05, 4.69) is 5.32 Å². The second-order valence-corrected chi connectivity index (χ2v) is 35.9. The Bertz CT molecular complexity index is 971. The van der Waals surface area contributed by atoms with Crippen molar-refractivity contribution in [2.24, 2.45) is 0 Å². The Labute approximate surface area is 102 Å². The maximum absolute atomic E-state index is 12.4. The number of nitrogens with one attached hydrogen (secondary N) is 1. The fraction of sp³-hybridized carbons (Fsp3) is 0.933. The van der Waals surface area contributed by atoms with E-state index in [0.717, 1.165) is 9.63 Å². The van der Waals surface area contributed by atoms with Crippen LogP contribution in [0, 0.1) is 0 Å². The van der Waals surface area contributed by atoms with E-state index in [1.54, 1.807) is 0 Å². The summed E-state index contributed by atoms with van der Waals surface area (Å²) in [6, 6.07) is 0. The maximum atomic E-state index is 12.4. The Kier molecular flexibility index (Phi) is 0.258.